The van der Waals surface area contributed by atoms with E-state index in [0.29, 0.717) is 27.9 Å². The first-order valence-electron chi connectivity index (χ1n) is 12.8. The van der Waals surface area contributed by atoms with Crippen LogP contribution in [0.1, 0.15) is 69.6 Å². The minimum Gasteiger partial charge on any atom is -0.355 e. The highest BCUT2D eigenvalue weighted by molar-refractivity contribution is 8.26. The molecule has 1 amide bonds. The highest BCUT2D eigenvalue weighted by Crippen LogP contribution is 2.36. The topological polar surface area (TPSA) is 72.6 Å². The maximum Gasteiger partial charge on any atom is 0.270 e. The Balaban J connectivity index is 1.99. The van der Waals surface area contributed by atoms with Gasteiger partial charge in [0.15, 0.2) is 0 Å². The van der Waals surface area contributed by atoms with E-state index in [-0.39, 0.29) is 17.0 Å². The van der Waals surface area contributed by atoms with Crippen molar-refractivity contribution >= 4 is 46.1 Å². The number of likely N-dealkylation sites (N-methyl/N-ethyl adjacent to an activating group) is 1. The van der Waals surface area contributed by atoms with Gasteiger partial charge in [-0.3, -0.25) is 19.1 Å². The van der Waals surface area contributed by atoms with Gasteiger partial charge in [-0.25, -0.2) is 0 Å². The van der Waals surface area contributed by atoms with Gasteiger partial charge in [-0.2, -0.15) is 5.26 Å². The van der Waals surface area contributed by atoms with Crippen molar-refractivity contribution in [2.75, 3.05) is 44.2 Å². The third-order valence-corrected chi connectivity index (χ3v) is 8.29. The van der Waals surface area contributed by atoms with Crippen LogP contribution < -0.4 is 10.5 Å². The predicted octanol–water partition coefficient (Wildman–Crippen LogP) is 4.36. The summed E-state index contributed by atoms with van der Waals surface area (Å²) in [7, 11) is 0. The molecule has 2 aliphatic heterocycles. The van der Waals surface area contributed by atoms with Gasteiger partial charge in [0, 0.05) is 44.8 Å². The van der Waals surface area contributed by atoms with Gasteiger partial charge in [0.1, 0.15) is 21.8 Å². The first-order chi connectivity index (χ1) is 16.9. The number of anilines is 1. The molecular formula is C26H37N5O2S2. The SMILES string of the molecule is CCCCCCCN1C(=O)/C(=C/c2c(C)c(C#N)c(=O)n(CC)c2N2CCN(CC)CC2)SC1=S. The van der Waals surface area contributed by atoms with Gasteiger partial charge in [0.05, 0.1) is 4.91 Å². The molecule has 0 unspecified atom stereocenters. The standard InChI is InChI=1S/C26H37N5O2S2/c1-5-8-9-10-11-12-31-25(33)22(35-26(31)34)17-20-19(4)21(18-27)24(32)30(7-3)23(20)29-15-13-28(6-2)14-16-29/h17H,5-16H2,1-4H3/b22-17-. The number of nitriles is 1. The van der Waals surface area contributed by atoms with Crippen molar-refractivity contribution in [1.82, 2.24) is 14.4 Å². The quantitative estimate of drug-likeness (QED) is 0.260. The smallest absolute Gasteiger partial charge is 0.270 e. The second kappa shape index (κ2) is 12.7. The van der Waals surface area contributed by atoms with Crippen molar-refractivity contribution in [2.45, 2.75) is 66.3 Å². The summed E-state index contributed by atoms with van der Waals surface area (Å²) in [6.45, 7) is 13.6. The Morgan fingerprint density at radius 1 is 1.03 bits per heavy atom. The first kappa shape index (κ1) is 27.4. The molecule has 1 aromatic rings. The van der Waals surface area contributed by atoms with E-state index in [1.807, 2.05) is 19.9 Å². The van der Waals surface area contributed by atoms with Gasteiger partial charge >= 0.3 is 0 Å². The lowest BCUT2D eigenvalue weighted by Gasteiger charge is -2.37. The van der Waals surface area contributed by atoms with Crippen LogP contribution in [0.3, 0.4) is 0 Å². The molecule has 190 valence electrons. The van der Waals surface area contributed by atoms with Crippen molar-refractivity contribution in [1.29, 1.82) is 5.26 Å². The fraction of sp³-hybridized carbons (Fsp3) is 0.615. The summed E-state index contributed by atoms with van der Waals surface area (Å²) in [6.07, 6.45) is 7.45. The van der Waals surface area contributed by atoms with Gasteiger partial charge in [-0.05, 0) is 38.5 Å². The van der Waals surface area contributed by atoms with Crippen molar-refractivity contribution < 1.29 is 4.79 Å². The molecule has 3 heterocycles. The van der Waals surface area contributed by atoms with Crippen LogP contribution >= 0.6 is 24.0 Å². The molecule has 0 N–H and O–H groups in total. The zero-order valence-corrected chi connectivity index (χ0v) is 23.1. The lowest BCUT2D eigenvalue weighted by atomic mass is 10.0. The Labute approximate surface area is 218 Å². The molecule has 2 saturated heterocycles. The van der Waals surface area contributed by atoms with E-state index in [9.17, 15) is 14.9 Å². The number of pyridine rings is 1. The minimum absolute atomic E-state index is 0.0793. The maximum absolute atomic E-state index is 13.3. The number of hydrogen-bond donors (Lipinski definition) is 0. The molecule has 0 radical (unpaired) electrons. The number of nitrogens with zero attached hydrogens (tertiary/aromatic N) is 5. The molecule has 0 aromatic carbocycles. The molecule has 0 saturated carbocycles. The van der Waals surface area contributed by atoms with Gasteiger partial charge in [0.25, 0.3) is 11.5 Å². The summed E-state index contributed by atoms with van der Waals surface area (Å²) in [4.78, 5) is 33.3. The summed E-state index contributed by atoms with van der Waals surface area (Å²) in [5.74, 6) is 0.721. The minimum atomic E-state index is -0.266. The molecule has 35 heavy (non-hydrogen) atoms. The summed E-state index contributed by atoms with van der Waals surface area (Å²) in [6, 6.07) is 2.11. The monoisotopic (exact) mass is 515 g/mol. The number of carbonyl (C=O) groups excluding carboxylic acids is 1. The molecule has 3 rings (SSSR count). The van der Waals surface area contributed by atoms with E-state index in [0.717, 1.165) is 56.9 Å². The van der Waals surface area contributed by atoms with Gasteiger partial charge in [-0.1, -0.05) is 63.5 Å². The van der Waals surface area contributed by atoms with E-state index >= 15 is 0 Å². The lowest BCUT2D eigenvalue weighted by molar-refractivity contribution is -0.122. The number of piperazine rings is 1. The molecule has 7 nitrogen and oxygen atoms in total. The second-order valence-electron chi connectivity index (χ2n) is 9.07. The number of aromatic nitrogens is 1. The van der Waals surface area contributed by atoms with Crippen LogP contribution in [-0.4, -0.2) is 63.9 Å². The fourth-order valence-corrected chi connectivity index (χ4v) is 6.04. The third-order valence-electron chi connectivity index (χ3n) is 6.92. The highest BCUT2D eigenvalue weighted by atomic mass is 32.2. The Hall–Kier alpha value is -2.15. The summed E-state index contributed by atoms with van der Waals surface area (Å²) in [5, 5.41) is 9.76. The zero-order valence-electron chi connectivity index (χ0n) is 21.4. The normalized spacial score (nSPS) is 18.1. The Morgan fingerprint density at radius 3 is 2.31 bits per heavy atom. The van der Waals surface area contributed by atoms with E-state index in [4.69, 9.17) is 12.2 Å². The van der Waals surface area contributed by atoms with Gasteiger partial charge < -0.3 is 9.80 Å². The van der Waals surface area contributed by atoms with Crippen LogP contribution in [0.5, 0.6) is 0 Å². The van der Waals surface area contributed by atoms with Crippen LogP contribution in [0, 0.1) is 18.3 Å². The Morgan fingerprint density at radius 2 is 1.71 bits per heavy atom. The molecule has 2 fully saturated rings. The molecule has 0 spiro atoms. The predicted molar refractivity (Wildman–Crippen MR) is 149 cm³/mol. The molecule has 0 atom stereocenters. The average molecular weight is 516 g/mol. The van der Waals surface area contributed by atoms with E-state index in [2.05, 4.69) is 29.7 Å². The van der Waals surface area contributed by atoms with Crippen molar-refractivity contribution in [3.63, 3.8) is 0 Å². The number of thiocarbonyl (C=S) groups is 1. The largest absolute Gasteiger partial charge is 0.355 e. The van der Waals surface area contributed by atoms with Crippen LogP contribution in [-0.2, 0) is 11.3 Å². The van der Waals surface area contributed by atoms with E-state index < -0.39 is 0 Å². The van der Waals surface area contributed by atoms with Crippen LogP contribution in [0.2, 0.25) is 0 Å². The number of unbranched alkanes of at least 4 members (excludes halogenated alkanes) is 4. The van der Waals surface area contributed by atoms with E-state index in [1.54, 1.807) is 9.47 Å². The van der Waals surface area contributed by atoms with Crippen molar-refractivity contribution in [2.24, 2.45) is 0 Å². The fourth-order valence-electron chi connectivity index (χ4n) is 4.75. The molecular weight excluding hydrogens is 478 g/mol. The third kappa shape index (κ3) is 5.99. The Bertz CT molecular complexity index is 1080. The van der Waals surface area contributed by atoms with Crippen LogP contribution in [0.25, 0.3) is 6.08 Å². The molecule has 0 aliphatic carbocycles. The number of thioether (sulfide) groups is 1. The number of rotatable bonds is 10. The second-order valence-corrected chi connectivity index (χ2v) is 10.7. The zero-order chi connectivity index (χ0) is 25.5. The van der Waals surface area contributed by atoms with Gasteiger partial charge in [0.2, 0.25) is 0 Å². The summed E-state index contributed by atoms with van der Waals surface area (Å²) < 4.78 is 2.27. The summed E-state index contributed by atoms with van der Waals surface area (Å²) >= 11 is 6.87. The number of carbonyl (C=O) groups is 1. The molecule has 1 aromatic heterocycles. The lowest BCUT2D eigenvalue weighted by Crippen LogP contribution is -2.48. The molecule has 2 aliphatic rings. The van der Waals surface area contributed by atoms with Crippen molar-refractivity contribution in [3.8, 4) is 6.07 Å². The van der Waals surface area contributed by atoms with Crippen molar-refractivity contribution in [3.05, 3.63) is 31.9 Å². The van der Waals surface area contributed by atoms with Crippen LogP contribution in [0.4, 0.5) is 5.82 Å². The summed E-state index contributed by atoms with van der Waals surface area (Å²) in [5.41, 5.74) is 1.27. The molecule has 9 heteroatoms. The van der Waals surface area contributed by atoms with Crippen LogP contribution in [0.15, 0.2) is 9.70 Å². The first-order valence-corrected chi connectivity index (χ1v) is 14.0. The maximum atomic E-state index is 13.3. The van der Waals surface area contributed by atoms with Gasteiger partial charge in [-0.15, -0.1) is 0 Å². The van der Waals surface area contributed by atoms with E-state index in [1.165, 1.54) is 31.0 Å². The average Bonchev–Trinajstić information content (AvgIpc) is 3.13. The number of amides is 1. The highest BCUT2D eigenvalue weighted by Gasteiger charge is 2.33. The number of hydrogen-bond acceptors (Lipinski definition) is 7. The molecule has 0 bridgehead atoms. The Kier molecular flexibility index (Phi) is 9.96.